The Morgan fingerprint density at radius 3 is 2.70 bits per heavy atom. The van der Waals surface area contributed by atoms with Crippen molar-refractivity contribution in [3.8, 4) is 11.8 Å². The first-order valence-corrected chi connectivity index (χ1v) is 3.00. The quantitative estimate of drug-likeness (QED) is 0.619. The minimum Gasteiger partial charge on any atom is -0.506 e. The number of hydrogen-bond donors (Lipinski definition) is 1. The molecule has 10 heavy (non-hydrogen) atoms. The molecule has 3 heteroatoms. The summed E-state index contributed by atoms with van der Waals surface area (Å²) in [5.74, 6) is 0.000617. The van der Waals surface area contributed by atoms with Crippen LogP contribution < -0.4 is 0 Å². The van der Waals surface area contributed by atoms with E-state index in [2.05, 4.69) is 0 Å². The molecule has 1 aromatic rings. The molecule has 0 radical (unpaired) electrons. The van der Waals surface area contributed by atoms with Crippen LogP contribution >= 0.6 is 11.6 Å². The summed E-state index contributed by atoms with van der Waals surface area (Å²) in [5, 5.41) is 17.5. The van der Waals surface area contributed by atoms with Crippen LogP contribution in [0.5, 0.6) is 5.75 Å². The van der Waals surface area contributed by atoms with E-state index in [1.165, 1.54) is 18.2 Å². The second kappa shape index (κ2) is 2.59. The second-order valence-corrected chi connectivity index (χ2v) is 2.19. The Labute approximate surface area is 63.3 Å². The van der Waals surface area contributed by atoms with Crippen LogP contribution in [0.3, 0.4) is 0 Å². The lowest BCUT2D eigenvalue weighted by Gasteiger charge is -1.93. The fraction of sp³-hybridized carbons (Fsp3) is 0. The van der Waals surface area contributed by atoms with Gasteiger partial charge < -0.3 is 5.11 Å². The third-order valence-corrected chi connectivity index (χ3v) is 1.38. The predicted molar refractivity (Wildman–Crippen MR) is 37.8 cm³/mol. The van der Waals surface area contributed by atoms with Crippen LogP contribution in [-0.2, 0) is 0 Å². The molecular weight excluding hydrogens is 150 g/mol. The van der Waals surface area contributed by atoms with E-state index in [9.17, 15) is 0 Å². The Hall–Kier alpha value is -1.20. The predicted octanol–water partition coefficient (Wildman–Crippen LogP) is 1.92. The molecule has 0 saturated heterocycles. The molecular formula is C7H4ClNO. The van der Waals surface area contributed by atoms with Gasteiger partial charge in [0.2, 0.25) is 0 Å². The highest BCUT2D eigenvalue weighted by atomic mass is 35.5. The zero-order chi connectivity index (χ0) is 7.56. The second-order valence-electron chi connectivity index (χ2n) is 1.78. The van der Waals surface area contributed by atoms with E-state index < -0.39 is 0 Å². The molecule has 50 valence electrons. The van der Waals surface area contributed by atoms with Crippen molar-refractivity contribution in [1.82, 2.24) is 0 Å². The molecule has 0 unspecified atom stereocenters. The Balaban J connectivity index is 3.20. The maximum absolute atomic E-state index is 8.90. The monoisotopic (exact) mass is 153 g/mol. The van der Waals surface area contributed by atoms with Gasteiger partial charge >= 0.3 is 0 Å². The summed E-state index contributed by atoms with van der Waals surface area (Å²) in [7, 11) is 0. The van der Waals surface area contributed by atoms with Crippen LogP contribution in [0.4, 0.5) is 0 Å². The van der Waals surface area contributed by atoms with Crippen molar-refractivity contribution in [1.29, 1.82) is 5.26 Å². The Morgan fingerprint density at radius 1 is 1.50 bits per heavy atom. The van der Waals surface area contributed by atoms with Crippen LogP contribution in [-0.4, -0.2) is 5.11 Å². The van der Waals surface area contributed by atoms with E-state index in [-0.39, 0.29) is 10.8 Å². The summed E-state index contributed by atoms with van der Waals surface area (Å²) in [6.07, 6.45) is 0. The minimum atomic E-state index is 0.000617. The van der Waals surface area contributed by atoms with Crippen LogP contribution in [0.15, 0.2) is 18.2 Å². The number of aromatic hydroxyl groups is 1. The van der Waals surface area contributed by atoms with E-state index >= 15 is 0 Å². The number of nitriles is 1. The number of hydrogen-bond acceptors (Lipinski definition) is 2. The van der Waals surface area contributed by atoms with Crippen LogP contribution in [0.2, 0.25) is 5.02 Å². The Kier molecular flexibility index (Phi) is 1.79. The molecule has 2 nitrogen and oxygen atoms in total. The summed E-state index contributed by atoms with van der Waals surface area (Å²) < 4.78 is 0. The lowest BCUT2D eigenvalue weighted by Crippen LogP contribution is -1.72. The number of benzene rings is 1. The molecule has 0 saturated carbocycles. The molecule has 0 fully saturated rings. The van der Waals surface area contributed by atoms with Gasteiger partial charge in [0.15, 0.2) is 0 Å². The topological polar surface area (TPSA) is 44.0 Å². The van der Waals surface area contributed by atoms with Crippen LogP contribution in [0.25, 0.3) is 0 Å². The normalized spacial score (nSPS) is 8.80. The molecule has 0 bridgehead atoms. The third-order valence-electron chi connectivity index (χ3n) is 1.08. The van der Waals surface area contributed by atoms with E-state index in [1.807, 2.05) is 6.07 Å². The molecule has 0 spiro atoms. The summed E-state index contributed by atoms with van der Waals surface area (Å²) >= 11 is 5.49. The Bertz CT molecular complexity index is 290. The van der Waals surface area contributed by atoms with Gasteiger partial charge in [0, 0.05) is 0 Å². The van der Waals surface area contributed by atoms with Gasteiger partial charge in [0.05, 0.1) is 16.7 Å². The molecule has 1 N–H and O–H groups in total. The molecule has 1 aromatic carbocycles. The lowest BCUT2D eigenvalue weighted by molar-refractivity contribution is 0.475. The van der Waals surface area contributed by atoms with E-state index in [4.69, 9.17) is 22.0 Å². The van der Waals surface area contributed by atoms with Gasteiger partial charge in [-0.1, -0.05) is 11.6 Å². The van der Waals surface area contributed by atoms with Gasteiger partial charge in [-0.2, -0.15) is 5.26 Å². The van der Waals surface area contributed by atoms with Gasteiger partial charge in [-0.15, -0.1) is 0 Å². The first-order valence-electron chi connectivity index (χ1n) is 2.62. The van der Waals surface area contributed by atoms with Crippen molar-refractivity contribution >= 4 is 11.6 Å². The maximum Gasteiger partial charge on any atom is 0.134 e. The van der Waals surface area contributed by atoms with E-state index in [1.54, 1.807) is 0 Å². The fourth-order valence-electron chi connectivity index (χ4n) is 0.576. The molecule has 0 atom stereocenters. The number of nitrogens with zero attached hydrogens (tertiary/aromatic N) is 1. The van der Waals surface area contributed by atoms with Gasteiger partial charge in [-0.25, -0.2) is 0 Å². The first kappa shape index (κ1) is 6.91. The summed E-state index contributed by atoms with van der Waals surface area (Å²) in [5.41, 5.74) is 0.447. The zero-order valence-corrected chi connectivity index (χ0v) is 5.76. The average molecular weight is 154 g/mol. The van der Waals surface area contributed by atoms with Crippen molar-refractivity contribution in [3.05, 3.63) is 28.8 Å². The summed E-state index contributed by atoms with van der Waals surface area (Å²) in [4.78, 5) is 0. The van der Waals surface area contributed by atoms with E-state index in [0.29, 0.717) is 5.56 Å². The minimum absolute atomic E-state index is 0.000617. The van der Waals surface area contributed by atoms with Crippen LogP contribution in [0, 0.1) is 11.3 Å². The third kappa shape index (κ3) is 1.20. The molecule has 0 aliphatic carbocycles. The summed E-state index contributed by atoms with van der Waals surface area (Å²) in [6.45, 7) is 0. The molecule has 1 rings (SSSR count). The number of phenols is 1. The van der Waals surface area contributed by atoms with Gasteiger partial charge in [-0.3, -0.25) is 0 Å². The maximum atomic E-state index is 8.90. The zero-order valence-electron chi connectivity index (χ0n) is 5.00. The highest BCUT2D eigenvalue weighted by molar-refractivity contribution is 6.32. The average Bonchev–Trinajstić information content (AvgIpc) is 1.95. The van der Waals surface area contributed by atoms with Crippen molar-refractivity contribution in [3.63, 3.8) is 0 Å². The van der Waals surface area contributed by atoms with Crippen molar-refractivity contribution in [2.45, 2.75) is 0 Å². The molecule has 0 amide bonds. The van der Waals surface area contributed by atoms with Crippen molar-refractivity contribution < 1.29 is 5.11 Å². The highest BCUT2D eigenvalue weighted by Crippen LogP contribution is 2.22. The fourth-order valence-corrected chi connectivity index (χ4v) is 0.757. The Morgan fingerprint density at radius 2 is 2.20 bits per heavy atom. The van der Waals surface area contributed by atoms with Crippen molar-refractivity contribution in [2.75, 3.05) is 0 Å². The van der Waals surface area contributed by atoms with Gasteiger partial charge in [-0.05, 0) is 18.2 Å². The van der Waals surface area contributed by atoms with Gasteiger partial charge in [0.25, 0.3) is 0 Å². The molecule has 0 aliphatic rings. The standard InChI is InChI=1S/C7H4ClNO/c8-6-3-5(4-9)1-2-7(6)10/h1-3,10H. The number of rotatable bonds is 0. The summed E-state index contributed by atoms with van der Waals surface area (Å²) in [6, 6.07) is 6.20. The number of phenolic OH excluding ortho intramolecular Hbond substituents is 1. The lowest BCUT2D eigenvalue weighted by atomic mass is 10.2. The van der Waals surface area contributed by atoms with Crippen molar-refractivity contribution in [2.24, 2.45) is 0 Å². The largest absolute Gasteiger partial charge is 0.506 e. The smallest absolute Gasteiger partial charge is 0.134 e. The molecule has 0 heterocycles. The van der Waals surface area contributed by atoms with Crippen LogP contribution in [0.1, 0.15) is 5.56 Å². The highest BCUT2D eigenvalue weighted by Gasteiger charge is 1.97. The molecule has 0 aromatic heterocycles. The molecule has 0 aliphatic heterocycles. The number of halogens is 1. The van der Waals surface area contributed by atoms with E-state index in [0.717, 1.165) is 0 Å². The SMILES string of the molecule is N#Cc1ccc(O)c(Cl)c1. The first-order chi connectivity index (χ1) is 4.74. The van der Waals surface area contributed by atoms with Gasteiger partial charge in [0.1, 0.15) is 5.75 Å².